The van der Waals surface area contributed by atoms with Gasteiger partial charge in [0.15, 0.2) is 0 Å². The van der Waals surface area contributed by atoms with Crippen molar-refractivity contribution >= 4 is 0 Å². The van der Waals surface area contributed by atoms with Crippen molar-refractivity contribution in [2.75, 3.05) is 26.2 Å². The molecule has 0 radical (unpaired) electrons. The standard InChI is InChI=1S/C21H44N2/c1-16(2)19(6)21(9,10)23-13-11-22(12-14-23)18(5)15-20(7,8)17(3)4/h16-19H,11-15H2,1-10H3. The maximum Gasteiger partial charge on any atom is 0.0182 e. The molecule has 2 unspecified atom stereocenters. The fourth-order valence-electron chi connectivity index (χ4n) is 3.97. The molecular weight excluding hydrogens is 280 g/mol. The third kappa shape index (κ3) is 5.19. The van der Waals surface area contributed by atoms with Crippen LogP contribution in [0.2, 0.25) is 0 Å². The van der Waals surface area contributed by atoms with E-state index in [9.17, 15) is 0 Å². The van der Waals surface area contributed by atoms with Crippen molar-refractivity contribution in [3.63, 3.8) is 0 Å². The minimum absolute atomic E-state index is 0.306. The molecule has 1 rings (SSSR count). The lowest BCUT2D eigenvalue weighted by Gasteiger charge is -2.49. The molecule has 1 aliphatic heterocycles. The van der Waals surface area contributed by atoms with Crippen molar-refractivity contribution in [3.05, 3.63) is 0 Å². The first-order chi connectivity index (χ1) is 10.4. The SMILES string of the molecule is CC(C)C(C)C(C)(C)N1CCN(C(C)CC(C)(C)C(C)C)CC1. The summed E-state index contributed by atoms with van der Waals surface area (Å²) >= 11 is 0. The minimum Gasteiger partial charge on any atom is -0.298 e. The van der Waals surface area contributed by atoms with Gasteiger partial charge in [0.2, 0.25) is 0 Å². The van der Waals surface area contributed by atoms with E-state index < -0.39 is 0 Å². The topological polar surface area (TPSA) is 6.48 Å². The van der Waals surface area contributed by atoms with E-state index >= 15 is 0 Å². The second-order valence-corrected chi connectivity index (χ2v) is 9.91. The monoisotopic (exact) mass is 324 g/mol. The molecule has 1 saturated heterocycles. The van der Waals surface area contributed by atoms with Gasteiger partial charge in [-0.1, -0.05) is 48.5 Å². The van der Waals surface area contributed by atoms with Crippen molar-refractivity contribution in [3.8, 4) is 0 Å². The summed E-state index contributed by atoms with van der Waals surface area (Å²) in [6, 6.07) is 0.695. The van der Waals surface area contributed by atoms with E-state index in [1.165, 1.54) is 32.6 Å². The molecule has 2 atom stereocenters. The van der Waals surface area contributed by atoms with Crippen LogP contribution in [-0.4, -0.2) is 47.6 Å². The van der Waals surface area contributed by atoms with Crippen molar-refractivity contribution < 1.29 is 0 Å². The van der Waals surface area contributed by atoms with Crippen LogP contribution in [0.3, 0.4) is 0 Å². The molecule has 0 amide bonds. The minimum atomic E-state index is 0.306. The van der Waals surface area contributed by atoms with Gasteiger partial charge in [0.25, 0.3) is 0 Å². The summed E-state index contributed by atoms with van der Waals surface area (Å²) in [5.74, 6) is 2.22. The zero-order valence-electron chi connectivity index (χ0n) is 17.7. The summed E-state index contributed by atoms with van der Waals surface area (Å²) in [7, 11) is 0. The van der Waals surface area contributed by atoms with E-state index in [4.69, 9.17) is 0 Å². The van der Waals surface area contributed by atoms with Crippen molar-refractivity contribution in [2.45, 2.75) is 87.2 Å². The van der Waals surface area contributed by atoms with E-state index in [0.29, 0.717) is 17.0 Å². The van der Waals surface area contributed by atoms with Gasteiger partial charge in [-0.3, -0.25) is 9.80 Å². The molecule has 2 heteroatoms. The first-order valence-electron chi connectivity index (χ1n) is 9.88. The number of nitrogens with zero attached hydrogens (tertiary/aromatic N) is 2. The number of hydrogen-bond acceptors (Lipinski definition) is 2. The molecule has 0 saturated carbocycles. The van der Waals surface area contributed by atoms with E-state index in [1.54, 1.807) is 0 Å². The molecule has 1 heterocycles. The second-order valence-electron chi connectivity index (χ2n) is 9.91. The average molecular weight is 325 g/mol. The van der Waals surface area contributed by atoms with Gasteiger partial charge in [-0.2, -0.15) is 0 Å². The highest BCUT2D eigenvalue weighted by molar-refractivity contribution is 4.92. The number of rotatable bonds is 7. The molecular formula is C21H44N2. The van der Waals surface area contributed by atoms with Gasteiger partial charge in [-0.15, -0.1) is 0 Å². The second kappa shape index (κ2) is 7.87. The smallest absolute Gasteiger partial charge is 0.0182 e. The Balaban J connectivity index is 2.58. The maximum atomic E-state index is 2.73. The predicted molar refractivity (Wildman–Crippen MR) is 104 cm³/mol. The van der Waals surface area contributed by atoms with Crippen molar-refractivity contribution in [1.82, 2.24) is 9.80 Å². The lowest BCUT2D eigenvalue weighted by molar-refractivity contribution is -0.00787. The van der Waals surface area contributed by atoms with Crippen LogP contribution < -0.4 is 0 Å². The molecule has 23 heavy (non-hydrogen) atoms. The fraction of sp³-hybridized carbons (Fsp3) is 1.00. The van der Waals surface area contributed by atoms with Gasteiger partial charge >= 0.3 is 0 Å². The van der Waals surface area contributed by atoms with Crippen LogP contribution in [0.4, 0.5) is 0 Å². The molecule has 1 fully saturated rings. The summed E-state index contributed by atoms with van der Waals surface area (Å²) in [5, 5.41) is 0. The normalized spacial score (nSPS) is 21.9. The van der Waals surface area contributed by atoms with Crippen LogP contribution in [0.25, 0.3) is 0 Å². The lowest BCUT2D eigenvalue weighted by Crippen LogP contribution is -2.59. The third-order valence-corrected chi connectivity index (χ3v) is 7.25. The van der Waals surface area contributed by atoms with Gasteiger partial charge in [0.05, 0.1) is 0 Å². The largest absolute Gasteiger partial charge is 0.298 e. The van der Waals surface area contributed by atoms with Crippen LogP contribution >= 0.6 is 0 Å². The zero-order valence-corrected chi connectivity index (χ0v) is 17.7. The van der Waals surface area contributed by atoms with E-state index in [1.807, 2.05) is 0 Å². The number of hydrogen-bond donors (Lipinski definition) is 0. The molecule has 0 aromatic heterocycles. The van der Waals surface area contributed by atoms with E-state index in [0.717, 1.165) is 17.8 Å². The van der Waals surface area contributed by atoms with E-state index in [-0.39, 0.29) is 0 Å². The Hall–Kier alpha value is -0.0800. The third-order valence-electron chi connectivity index (χ3n) is 7.25. The summed E-state index contributed by atoms with van der Waals surface area (Å²) in [6.45, 7) is 28.9. The summed E-state index contributed by atoms with van der Waals surface area (Å²) < 4.78 is 0. The van der Waals surface area contributed by atoms with Gasteiger partial charge in [-0.05, 0) is 50.4 Å². The Labute approximate surface area is 147 Å². The van der Waals surface area contributed by atoms with E-state index in [2.05, 4.69) is 79.0 Å². The van der Waals surface area contributed by atoms with Gasteiger partial charge in [0.1, 0.15) is 0 Å². The Morgan fingerprint density at radius 1 is 0.783 bits per heavy atom. The van der Waals surface area contributed by atoms with Crippen LogP contribution in [0.15, 0.2) is 0 Å². The highest BCUT2D eigenvalue weighted by atomic mass is 15.3. The first kappa shape index (κ1) is 21.0. The maximum absolute atomic E-state index is 2.73. The Bertz CT molecular complexity index is 349. The zero-order chi connectivity index (χ0) is 18.0. The molecule has 0 spiro atoms. The van der Waals surface area contributed by atoms with Crippen molar-refractivity contribution in [1.29, 1.82) is 0 Å². The molecule has 0 aromatic rings. The van der Waals surface area contributed by atoms with Gasteiger partial charge < -0.3 is 0 Å². The molecule has 1 aliphatic rings. The highest BCUT2D eigenvalue weighted by Crippen LogP contribution is 2.34. The van der Waals surface area contributed by atoms with Crippen LogP contribution in [0.1, 0.15) is 75.7 Å². The van der Waals surface area contributed by atoms with Gasteiger partial charge in [0, 0.05) is 37.8 Å². The molecule has 0 aliphatic carbocycles. The summed E-state index contributed by atoms with van der Waals surface area (Å²) in [6.07, 6.45) is 1.30. The van der Waals surface area contributed by atoms with Crippen molar-refractivity contribution in [2.24, 2.45) is 23.2 Å². The molecule has 138 valence electrons. The molecule has 0 N–H and O–H groups in total. The average Bonchev–Trinajstić information content (AvgIpc) is 2.45. The molecule has 0 aromatic carbocycles. The fourth-order valence-corrected chi connectivity index (χ4v) is 3.97. The summed E-state index contributed by atoms with van der Waals surface area (Å²) in [4.78, 5) is 5.45. The Morgan fingerprint density at radius 3 is 1.65 bits per heavy atom. The predicted octanol–water partition coefficient (Wildman–Crippen LogP) is 5.14. The first-order valence-corrected chi connectivity index (χ1v) is 9.88. The highest BCUT2D eigenvalue weighted by Gasteiger charge is 2.37. The Kier molecular flexibility index (Phi) is 7.17. The van der Waals surface area contributed by atoms with Crippen LogP contribution in [0.5, 0.6) is 0 Å². The van der Waals surface area contributed by atoms with Crippen LogP contribution in [-0.2, 0) is 0 Å². The quantitative estimate of drug-likeness (QED) is 0.640. The lowest BCUT2D eigenvalue weighted by atomic mass is 9.76. The van der Waals surface area contributed by atoms with Crippen LogP contribution in [0, 0.1) is 23.2 Å². The number of piperazine rings is 1. The molecule has 0 bridgehead atoms. The Morgan fingerprint density at radius 2 is 1.26 bits per heavy atom. The van der Waals surface area contributed by atoms with Gasteiger partial charge in [-0.25, -0.2) is 0 Å². The summed E-state index contributed by atoms with van der Waals surface area (Å²) in [5.41, 5.74) is 0.739. The molecule has 2 nitrogen and oxygen atoms in total.